The zero-order valence-electron chi connectivity index (χ0n) is 8.64. The topological polar surface area (TPSA) is 29.3 Å². The molecule has 1 rings (SSSR count). The molecule has 0 aromatic rings. The lowest BCUT2D eigenvalue weighted by molar-refractivity contribution is 0.170. The van der Waals surface area contributed by atoms with Crippen LogP contribution in [0.15, 0.2) is 0 Å². The highest BCUT2D eigenvalue weighted by Crippen LogP contribution is 2.25. The van der Waals surface area contributed by atoms with Crippen molar-refractivity contribution in [3.63, 3.8) is 0 Å². The summed E-state index contributed by atoms with van der Waals surface area (Å²) in [6.07, 6.45) is 3.52. The van der Waals surface area contributed by atoms with Gasteiger partial charge in [-0.25, -0.2) is 0 Å². The van der Waals surface area contributed by atoms with E-state index in [0.29, 0.717) is 0 Å². The second kappa shape index (κ2) is 3.75. The van der Waals surface area contributed by atoms with Crippen molar-refractivity contribution in [2.75, 3.05) is 20.1 Å². The third-order valence-corrected chi connectivity index (χ3v) is 2.80. The molecule has 72 valence electrons. The zero-order chi connectivity index (χ0) is 9.19. The van der Waals surface area contributed by atoms with Crippen molar-refractivity contribution in [2.45, 2.75) is 38.6 Å². The van der Waals surface area contributed by atoms with E-state index in [1.165, 1.54) is 32.4 Å². The molecule has 2 heteroatoms. The first kappa shape index (κ1) is 10.0. The van der Waals surface area contributed by atoms with Crippen molar-refractivity contribution in [3.05, 3.63) is 0 Å². The fourth-order valence-corrected chi connectivity index (χ4v) is 2.08. The molecule has 1 aliphatic heterocycles. The number of rotatable bonds is 2. The Balaban J connectivity index is 2.39. The SMILES string of the molecule is CC(C)CC1(N)CCN(C)CC1. The average molecular weight is 170 g/mol. The Bertz CT molecular complexity index is 135. The van der Waals surface area contributed by atoms with Gasteiger partial charge in [0.15, 0.2) is 0 Å². The lowest BCUT2D eigenvalue weighted by Crippen LogP contribution is -2.50. The fourth-order valence-electron chi connectivity index (χ4n) is 2.08. The molecule has 0 amide bonds. The van der Waals surface area contributed by atoms with Gasteiger partial charge >= 0.3 is 0 Å². The van der Waals surface area contributed by atoms with Gasteiger partial charge in [-0.1, -0.05) is 13.8 Å². The Morgan fingerprint density at radius 2 is 1.83 bits per heavy atom. The Kier molecular flexibility index (Phi) is 3.13. The molecule has 0 aromatic carbocycles. The molecular formula is C10H22N2. The largest absolute Gasteiger partial charge is 0.325 e. The molecule has 1 heterocycles. The number of nitrogens with two attached hydrogens (primary N) is 1. The summed E-state index contributed by atoms with van der Waals surface area (Å²) in [6.45, 7) is 6.85. The monoisotopic (exact) mass is 170 g/mol. The van der Waals surface area contributed by atoms with Crippen LogP contribution >= 0.6 is 0 Å². The average Bonchev–Trinajstić information content (AvgIpc) is 1.94. The van der Waals surface area contributed by atoms with Crippen LogP contribution in [0.2, 0.25) is 0 Å². The van der Waals surface area contributed by atoms with E-state index in [-0.39, 0.29) is 5.54 Å². The second-order valence-corrected chi connectivity index (χ2v) is 4.76. The fraction of sp³-hybridized carbons (Fsp3) is 1.00. The maximum Gasteiger partial charge on any atom is 0.0181 e. The molecule has 0 spiro atoms. The first-order chi connectivity index (χ1) is 5.52. The van der Waals surface area contributed by atoms with Crippen molar-refractivity contribution in [1.29, 1.82) is 0 Å². The highest BCUT2D eigenvalue weighted by atomic mass is 15.1. The maximum atomic E-state index is 6.30. The smallest absolute Gasteiger partial charge is 0.0181 e. The summed E-state index contributed by atoms with van der Waals surface area (Å²) in [4.78, 5) is 2.37. The zero-order valence-corrected chi connectivity index (χ0v) is 8.64. The van der Waals surface area contributed by atoms with E-state index in [2.05, 4.69) is 25.8 Å². The van der Waals surface area contributed by atoms with E-state index in [4.69, 9.17) is 5.73 Å². The van der Waals surface area contributed by atoms with Crippen molar-refractivity contribution in [3.8, 4) is 0 Å². The molecule has 0 radical (unpaired) electrons. The summed E-state index contributed by atoms with van der Waals surface area (Å²) in [5.41, 5.74) is 6.44. The van der Waals surface area contributed by atoms with E-state index in [0.717, 1.165) is 5.92 Å². The molecule has 1 aliphatic rings. The lowest BCUT2D eigenvalue weighted by atomic mass is 9.82. The van der Waals surface area contributed by atoms with Crippen LogP contribution in [0.4, 0.5) is 0 Å². The molecule has 2 nitrogen and oxygen atoms in total. The number of nitrogens with zero attached hydrogens (tertiary/aromatic N) is 1. The van der Waals surface area contributed by atoms with Crippen LogP contribution in [-0.2, 0) is 0 Å². The molecule has 0 unspecified atom stereocenters. The highest BCUT2D eigenvalue weighted by Gasteiger charge is 2.29. The van der Waals surface area contributed by atoms with Crippen LogP contribution in [0.5, 0.6) is 0 Å². The van der Waals surface area contributed by atoms with Crippen LogP contribution in [-0.4, -0.2) is 30.6 Å². The van der Waals surface area contributed by atoms with Crippen LogP contribution in [0.3, 0.4) is 0 Å². The summed E-state index contributed by atoms with van der Waals surface area (Å²) in [5.74, 6) is 0.735. The molecule has 0 aromatic heterocycles. The quantitative estimate of drug-likeness (QED) is 0.680. The van der Waals surface area contributed by atoms with Gasteiger partial charge in [0.25, 0.3) is 0 Å². The molecule has 0 saturated carbocycles. The summed E-state index contributed by atoms with van der Waals surface area (Å²) in [7, 11) is 2.18. The Labute approximate surface area is 76.1 Å². The standard InChI is InChI=1S/C10H22N2/c1-9(2)8-10(11)4-6-12(3)7-5-10/h9H,4-8,11H2,1-3H3. The highest BCUT2D eigenvalue weighted by molar-refractivity contribution is 4.89. The van der Waals surface area contributed by atoms with Crippen molar-refractivity contribution in [1.82, 2.24) is 4.90 Å². The van der Waals surface area contributed by atoms with Gasteiger partial charge in [-0.2, -0.15) is 0 Å². The third-order valence-electron chi connectivity index (χ3n) is 2.80. The van der Waals surface area contributed by atoms with Gasteiger partial charge in [-0.05, 0) is 45.3 Å². The number of piperidine rings is 1. The minimum atomic E-state index is 0.140. The normalized spacial score (nSPS) is 24.8. The van der Waals surface area contributed by atoms with Crippen molar-refractivity contribution in [2.24, 2.45) is 11.7 Å². The third kappa shape index (κ3) is 2.76. The number of hydrogen-bond donors (Lipinski definition) is 1. The van der Waals surface area contributed by atoms with Crippen LogP contribution in [0, 0.1) is 5.92 Å². The molecule has 0 aliphatic carbocycles. The molecule has 1 fully saturated rings. The number of hydrogen-bond acceptors (Lipinski definition) is 2. The summed E-state index contributed by atoms with van der Waals surface area (Å²) in [5, 5.41) is 0. The molecule has 12 heavy (non-hydrogen) atoms. The van der Waals surface area contributed by atoms with E-state index in [1.807, 2.05) is 0 Å². The minimum absolute atomic E-state index is 0.140. The number of likely N-dealkylation sites (tertiary alicyclic amines) is 1. The molecular weight excluding hydrogens is 148 g/mol. The van der Waals surface area contributed by atoms with Crippen LogP contribution in [0.25, 0.3) is 0 Å². The van der Waals surface area contributed by atoms with E-state index in [1.54, 1.807) is 0 Å². The van der Waals surface area contributed by atoms with Crippen LogP contribution in [0.1, 0.15) is 33.1 Å². The van der Waals surface area contributed by atoms with Gasteiger partial charge in [-0.15, -0.1) is 0 Å². The molecule has 0 atom stereocenters. The Morgan fingerprint density at radius 3 is 2.25 bits per heavy atom. The van der Waals surface area contributed by atoms with Crippen LogP contribution < -0.4 is 5.73 Å². The van der Waals surface area contributed by atoms with E-state index in [9.17, 15) is 0 Å². The molecule has 1 saturated heterocycles. The lowest BCUT2D eigenvalue weighted by Gasteiger charge is -2.38. The van der Waals surface area contributed by atoms with Crippen molar-refractivity contribution >= 4 is 0 Å². The Morgan fingerprint density at radius 1 is 1.33 bits per heavy atom. The Hall–Kier alpha value is -0.0800. The maximum absolute atomic E-state index is 6.30. The second-order valence-electron chi connectivity index (χ2n) is 4.76. The van der Waals surface area contributed by atoms with Gasteiger partial charge in [0, 0.05) is 5.54 Å². The predicted molar refractivity (Wildman–Crippen MR) is 53.1 cm³/mol. The van der Waals surface area contributed by atoms with E-state index < -0.39 is 0 Å². The summed E-state index contributed by atoms with van der Waals surface area (Å²) < 4.78 is 0. The van der Waals surface area contributed by atoms with Gasteiger partial charge in [0.1, 0.15) is 0 Å². The first-order valence-electron chi connectivity index (χ1n) is 4.99. The van der Waals surface area contributed by atoms with Gasteiger partial charge in [-0.3, -0.25) is 0 Å². The van der Waals surface area contributed by atoms with Gasteiger partial charge in [0.05, 0.1) is 0 Å². The minimum Gasteiger partial charge on any atom is -0.325 e. The summed E-state index contributed by atoms with van der Waals surface area (Å²) in [6, 6.07) is 0. The molecule has 0 bridgehead atoms. The predicted octanol–water partition coefficient (Wildman–Crippen LogP) is 1.46. The van der Waals surface area contributed by atoms with Gasteiger partial charge in [0.2, 0.25) is 0 Å². The van der Waals surface area contributed by atoms with E-state index >= 15 is 0 Å². The molecule has 2 N–H and O–H groups in total. The summed E-state index contributed by atoms with van der Waals surface area (Å²) >= 11 is 0. The first-order valence-corrected chi connectivity index (χ1v) is 4.99. The van der Waals surface area contributed by atoms with Crippen molar-refractivity contribution < 1.29 is 0 Å². The van der Waals surface area contributed by atoms with Gasteiger partial charge < -0.3 is 10.6 Å².